The fourth-order valence-corrected chi connectivity index (χ4v) is 1.92. The quantitative estimate of drug-likeness (QED) is 0.261. The zero-order valence-corrected chi connectivity index (χ0v) is 14.7. The van der Waals surface area contributed by atoms with Gasteiger partial charge >= 0.3 is 0 Å². The minimum absolute atomic E-state index is 0. The molecule has 0 radical (unpaired) electrons. The summed E-state index contributed by atoms with van der Waals surface area (Å²) >= 11 is 0. The van der Waals surface area contributed by atoms with Gasteiger partial charge in [0.15, 0.2) is 5.96 Å². The standard InChI is InChI=1S/C14H27N3O.HI/c1-5-9-14(18,10-6-2)12-17-13(15-8-4)16-11-7-3;/h3,18H,5-6,8-12H2,1-2,4H3,(H2,15,16,17);1H. The number of aliphatic imine (C=N–C) groups is 1. The molecule has 0 aromatic carbocycles. The van der Waals surface area contributed by atoms with Gasteiger partial charge in [-0.3, -0.25) is 4.99 Å². The SMILES string of the molecule is C#CCNC(=NCC(O)(CCC)CCC)NCC.I. The van der Waals surface area contributed by atoms with Crippen molar-refractivity contribution in [3.05, 3.63) is 0 Å². The molecule has 0 bridgehead atoms. The zero-order valence-electron chi connectivity index (χ0n) is 12.3. The molecule has 0 rings (SSSR count). The highest BCUT2D eigenvalue weighted by molar-refractivity contribution is 14.0. The van der Waals surface area contributed by atoms with Crippen molar-refractivity contribution in [2.45, 2.75) is 52.1 Å². The second-order valence-electron chi connectivity index (χ2n) is 4.48. The maximum Gasteiger partial charge on any atom is 0.192 e. The van der Waals surface area contributed by atoms with E-state index in [-0.39, 0.29) is 24.0 Å². The molecule has 0 saturated carbocycles. The number of nitrogens with one attached hydrogen (secondary N) is 2. The van der Waals surface area contributed by atoms with Crippen LogP contribution in [0.25, 0.3) is 0 Å². The molecule has 0 aliphatic heterocycles. The maximum atomic E-state index is 10.5. The van der Waals surface area contributed by atoms with Crippen LogP contribution in [0, 0.1) is 12.3 Å². The van der Waals surface area contributed by atoms with Crippen molar-refractivity contribution in [1.29, 1.82) is 0 Å². The summed E-state index contributed by atoms with van der Waals surface area (Å²) in [5, 5.41) is 16.6. The first-order valence-corrected chi connectivity index (χ1v) is 6.79. The summed E-state index contributed by atoms with van der Waals surface area (Å²) in [4.78, 5) is 4.41. The third kappa shape index (κ3) is 10.0. The van der Waals surface area contributed by atoms with Crippen molar-refractivity contribution in [2.75, 3.05) is 19.6 Å². The van der Waals surface area contributed by atoms with E-state index in [1.54, 1.807) is 0 Å². The Morgan fingerprint density at radius 2 is 1.79 bits per heavy atom. The predicted octanol–water partition coefficient (Wildman–Crippen LogP) is 2.12. The lowest BCUT2D eigenvalue weighted by Crippen LogP contribution is -2.40. The Bertz CT molecular complexity index is 281. The number of hydrogen-bond donors (Lipinski definition) is 3. The van der Waals surface area contributed by atoms with Crippen molar-refractivity contribution >= 4 is 29.9 Å². The van der Waals surface area contributed by atoms with Crippen LogP contribution >= 0.6 is 24.0 Å². The van der Waals surface area contributed by atoms with Gasteiger partial charge in [0.05, 0.1) is 18.7 Å². The molecule has 4 nitrogen and oxygen atoms in total. The molecule has 0 spiro atoms. The third-order valence-corrected chi connectivity index (χ3v) is 2.66. The van der Waals surface area contributed by atoms with Gasteiger partial charge in [-0.15, -0.1) is 30.4 Å². The van der Waals surface area contributed by atoms with Crippen LogP contribution in [0.4, 0.5) is 0 Å². The van der Waals surface area contributed by atoms with Gasteiger partial charge < -0.3 is 15.7 Å². The Hall–Kier alpha value is -0.480. The van der Waals surface area contributed by atoms with E-state index in [0.717, 1.165) is 32.2 Å². The zero-order chi connectivity index (χ0) is 13.9. The summed E-state index contributed by atoms with van der Waals surface area (Å²) in [6.45, 7) is 7.77. The van der Waals surface area contributed by atoms with Gasteiger partial charge in [0, 0.05) is 6.54 Å². The number of hydrogen-bond acceptors (Lipinski definition) is 2. The van der Waals surface area contributed by atoms with Crippen LogP contribution in [0.1, 0.15) is 46.5 Å². The van der Waals surface area contributed by atoms with Gasteiger partial charge in [-0.2, -0.15) is 0 Å². The molecule has 19 heavy (non-hydrogen) atoms. The highest BCUT2D eigenvalue weighted by Crippen LogP contribution is 2.19. The highest BCUT2D eigenvalue weighted by Gasteiger charge is 2.24. The first-order chi connectivity index (χ1) is 8.61. The van der Waals surface area contributed by atoms with E-state index >= 15 is 0 Å². The smallest absolute Gasteiger partial charge is 0.192 e. The van der Waals surface area contributed by atoms with Gasteiger partial charge in [-0.1, -0.05) is 32.6 Å². The monoisotopic (exact) mass is 381 g/mol. The molecule has 0 fully saturated rings. The fraction of sp³-hybridized carbons (Fsp3) is 0.786. The summed E-state index contributed by atoms with van der Waals surface area (Å²) in [7, 11) is 0. The number of terminal acetylenes is 1. The van der Waals surface area contributed by atoms with Gasteiger partial charge in [0.25, 0.3) is 0 Å². The molecule has 0 heterocycles. The minimum Gasteiger partial charge on any atom is -0.388 e. The maximum absolute atomic E-state index is 10.5. The number of halogens is 1. The first kappa shape index (κ1) is 20.8. The topological polar surface area (TPSA) is 56.7 Å². The molecular weight excluding hydrogens is 353 g/mol. The highest BCUT2D eigenvalue weighted by atomic mass is 127. The van der Waals surface area contributed by atoms with Crippen LogP contribution in [-0.2, 0) is 0 Å². The largest absolute Gasteiger partial charge is 0.388 e. The van der Waals surface area contributed by atoms with Crippen molar-refractivity contribution in [2.24, 2.45) is 4.99 Å². The van der Waals surface area contributed by atoms with Crippen molar-refractivity contribution < 1.29 is 5.11 Å². The Labute approximate surface area is 134 Å². The Morgan fingerprint density at radius 1 is 1.21 bits per heavy atom. The average molecular weight is 381 g/mol. The summed E-state index contributed by atoms with van der Waals surface area (Å²) < 4.78 is 0. The van der Waals surface area contributed by atoms with Crippen LogP contribution in [0.5, 0.6) is 0 Å². The van der Waals surface area contributed by atoms with E-state index in [9.17, 15) is 5.11 Å². The van der Waals surface area contributed by atoms with Crippen LogP contribution < -0.4 is 10.6 Å². The number of nitrogens with zero attached hydrogens (tertiary/aromatic N) is 1. The first-order valence-electron chi connectivity index (χ1n) is 6.79. The molecule has 112 valence electrons. The van der Waals surface area contributed by atoms with Gasteiger partial charge in [0.2, 0.25) is 0 Å². The fourth-order valence-electron chi connectivity index (χ4n) is 1.92. The summed E-state index contributed by atoms with van der Waals surface area (Å²) in [6.07, 6.45) is 8.68. The van der Waals surface area contributed by atoms with E-state index in [4.69, 9.17) is 6.42 Å². The van der Waals surface area contributed by atoms with Crippen LogP contribution in [0.15, 0.2) is 4.99 Å². The van der Waals surface area contributed by atoms with Gasteiger partial charge in [-0.05, 0) is 19.8 Å². The van der Waals surface area contributed by atoms with Gasteiger partial charge in [0.1, 0.15) is 0 Å². The molecular formula is C14H28IN3O. The molecule has 0 aromatic rings. The summed E-state index contributed by atoms with van der Waals surface area (Å²) in [5.41, 5.74) is -0.692. The lowest BCUT2D eigenvalue weighted by atomic mass is 9.93. The van der Waals surface area contributed by atoms with E-state index in [0.29, 0.717) is 19.0 Å². The molecule has 0 aromatic heterocycles. The van der Waals surface area contributed by atoms with Crippen molar-refractivity contribution in [1.82, 2.24) is 10.6 Å². The molecule has 0 saturated heterocycles. The molecule has 5 heteroatoms. The molecule has 0 atom stereocenters. The van der Waals surface area contributed by atoms with Crippen LogP contribution in [0.2, 0.25) is 0 Å². The van der Waals surface area contributed by atoms with Gasteiger partial charge in [-0.25, -0.2) is 0 Å². The lowest BCUT2D eigenvalue weighted by molar-refractivity contribution is 0.0306. The summed E-state index contributed by atoms with van der Waals surface area (Å²) in [6, 6.07) is 0. The molecule has 3 N–H and O–H groups in total. The molecule has 0 unspecified atom stereocenters. The van der Waals surface area contributed by atoms with Crippen molar-refractivity contribution in [3.63, 3.8) is 0 Å². The number of rotatable bonds is 8. The minimum atomic E-state index is -0.692. The number of aliphatic hydroxyl groups is 1. The molecule has 0 amide bonds. The second-order valence-corrected chi connectivity index (χ2v) is 4.48. The van der Waals surface area contributed by atoms with Crippen molar-refractivity contribution in [3.8, 4) is 12.3 Å². The van der Waals surface area contributed by atoms with Crippen LogP contribution in [-0.4, -0.2) is 36.3 Å². The Kier molecular flexibility index (Phi) is 13.8. The van der Waals surface area contributed by atoms with E-state index in [1.807, 2.05) is 6.92 Å². The Balaban J connectivity index is 0. The summed E-state index contributed by atoms with van der Waals surface area (Å²) in [5.74, 6) is 3.18. The van der Waals surface area contributed by atoms with E-state index in [2.05, 4.69) is 35.4 Å². The molecule has 0 aliphatic rings. The third-order valence-electron chi connectivity index (χ3n) is 2.66. The van der Waals surface area contributed by atoms with Crippen LogP contribution in [0.3, 0.4) is 0 Å². The normalized spacial score (nSPS) is 11.4. The predicted molar refractivity (Wildman–Crippen MR) is 93.0 cm³/mol. The van der Waals surface area contributed by atoms with E-state index < -0.39 is 5.60 Å². The average Bonchev–Trinajstić information content (AvgIpc) is 2.33. The second kappa shape index (κ2) is 12.5. The Morgan fingerprint density at radius 3 is 2.21 bits per heavy atom. The van der Waals surface area contributed by atoms with E-state index in [1.165, 1.54) is 0 Å². The number of guanidine groups is 1. The lowest BCUT2D eigenvalue weighted by Gasteiger charge is -2.26. The molecule has 0 aliphatic carbocycles.